The van der Waals surface area contributed by atoms with E-state index in [2.05, 4.69) is 30.8 Å². The molecule has 4 rings (SSSR count). The van der Waals surface area contributed by atoms with Gasteiger partial charge in [0.2, 0.25) is 17.5 Å². The molecule has 144 valence electrons. The minimum Gasteiger partial charge on any atom is -0.369 e. The number of halogens is 3. The summed E-state index contributed by atoms with van der Waals surface area (Å²) in [6.07, 6.45) is -1.60. The predicted octanol–water partition coefficient (Wildman–Crippen LogP) is 3.30. The van der Waals surface area contributed by atoms with E-state index in [9.17, 15) is 13.2 Å². The zero-order chi connectivity index (χ0) is 19.5. The molecular weight excluding hydrogens is 375 g/mol. The van der Waals surface area contributed by atoms with Crippen LogP contribution >= 0.6 is 0 Å². The molecule has 11 heteroatoms. The highest BCUT2D eigenvalue weighted by Crippen LogP contribution is 2.18. The SMILES string of the molecule is Fc1ccc(-c2noc(CCCNc3ccc4nnc(C(F)F)n4n3)n2)cc1. The Hall–Kier alpha value is -3.50. The van der Waals surface area contributed by atoms with Crippen molar-refractivity contribution in [2.24, 2.45) is 0 Å². The summed E-state index contributed by atoms with van der Waals surface area (Å²) < 4.78 is 44.9. The average molecular weight is 389 g/mol. The van der Waals surface area contributed by atoms with Crippen LogP contribution in [0.2, 0.25) is 0 Å². The second-order valence-corrected chi connectivity index (χ2v) is 5.90. The van der Waals surface area contributed by atoms with E-state index in [1.54, 1.807) is 24.3 Å². The molecule has 0 saturated heterocycles. The van der Waals surface area contributed by atoms with Crippen LogP contribution in [0.15, 0.2) is 40.9 Å². The molecule has 0 aliphatic rings. The fourth-order valence-corrected chi connectivity index (χ4v) is 2.56. The van der Waals surface area contributed by atoms with Crippen LogP contribution in [-0.4, -0.2) is 36.5 Å². The van der Waals surface area contributed by atoms with Crippen molar-refractivity contribution >= 4 is 11.5 Å². The Morgan fingerprint density at radius 3 is 2.68 bits per heavy atom. The topological polar surface area (TPSA) is 94.0 Å². The number of aryl methyl sites for hydroxylation is 1. The van der Waals surface area contributed by atoms with Crippen LogP contribution < -0.4 is 5.32 Å². The normalized spacial score (nSPS) is 11.4. The fourth-order valence-electron chi connectivity index (χ4n) is 2.56. The quantitative estimate of drug-likeness (QED) is 0.485. The molecule has 0 spiro atoms. The van der Waals surface area contributed by atoms with Crippen LogP contribution in [0.4, 0.5) is 19.0 Å². The van der Waals surface area contributed by atoms with Crippen molar-refractivity contribution in [3.8, 4) is 11.4 Å². The van der Waals surface area contributed by atoms with Gasteiger partial charge in [-0.3, -0.25) is 0 Å². The van der Waals surface area contributed by atoms with E-state index in [0.29, 0.717) is 42.5 Å². The Morgan fingerprint density at radius 1 is 1.07 bits per heavy atom. The van der Waals surface area contributed by atoms with E-state index in [1.807, 2.05) is 0 Å². The Balaban J connectivity index is 1.33. The molecule has 3 heterocycles. The molecule has 0 atom stereocenters. The van der Waals surface area contributed by atoms with E-state index in [0.717, 1.165) is 4.52 Å². The molecule has 28 heavy (non-hydrogen) atoms. The maximum atomic E-state index is 13.0. The largest absolute Gasteiger partial charge is 0.369 e. The first-order chi connectivity index (χ1) is 13.6. The Bertz CT molecular complexity index is 1080. The Morgan fingerprint density at radius 2 is 1.89 bits per heavy atom. The van der Waals surface area contributed by atoms with Gasteiger partial charge in [-0.25, -0.2) is 13.2 Å². The molecule has 1 aromatic carbocycles. The van der Waals surface area contributed by atoms with Gasteiger partial charge in [0.1, 0.15) is 11.6 Å². The van der Waals surface area contributed by atoms with E-state index in [-0.39, 0.29) is 11.5 Å². The number of nitrogens with one attached hydrogen (secondary N) is 1. The van der Waals surface area contributed by atoms with E-state index < -0.39 is 12.2 Å². The molecule has 8 nitrogen and oxygen atoms in total. The summed E-state index contributed by atoms with van der Waals surface area (Å²) in [5, 5.41) is 18.1. The number of benzene rings is 1. The minimum atomic E-state index is -2.76. The van der Waals surface area contributed by atoms with Gasteiger partial charge in [-0.2, -0.15) is 9.50 Å². The Kier molecular flexibility index (Phi) is 4.87. The van der Waals surface area contributed by atoms with Gasteiger partial charge in [0, 0.05) is 18.5 Å². The number of nitrogens with zero attached hydrogens (tertiary/aromatic N) is 6. The summed E-state index contributed by atoms with van der Waals surface area (Å²) in [4.78, 5) is 4.27. The molecular formula is C17H14F3N7O. The van der Waals surface area contributed by atoms with Crippen molar-refractivity contribution in [2.45, 2.75) is 19.3 Å². The van der Waals surface area contributed by atoms with Crippen molar-refractivity contribution in [1.82, 2.24) is 30.0 Å². The van der Waals surface area contributed by atoms with Crippen molar-refractivity contribution in [3.05, 3.63) is 53.9 Å². The third-order valence-electron chi connectivity index (χ3n) is 3.93. The molecule has 0 unspecified atom stereocenters. The van der Waals surface area contributed by atoms with Gasteiger partial charge in [0.05, 0.1) is 0 Å². The number of hydrogen-bond acceptors (Lipinski definition) is 7. The van der Waals surface area contributed by atoms with Gasteiger partial charge in [-0.1, -0.05) is 5.16 Å². The van der Waals surface area contributed by atoms with Crippen molar-refractivity contribution in [1.29, 1.82) is 0 Å². The summed E-state index contributed by atoms with van der Waals surface area (Å²) >= 11 is 0. The second-order valence-electron chi connectivity index (χ2n) is 5.90. The third-order valence-corrected chi connectivity index (χ3v) is 3.93. The molecule has 0 aliphatic carbocycles. The highest BCUT2D eigenvalue weighted by Gasteiger charge is 2.17. The summed E-state index contributed by atoms with van der Waals surface area (Å²) in [5.74, 6) is 0.424. The van der Waals surface area contributed by atoms with Crippen LogP contribution in [0.3, 0.4) is 0 Å². The molecule has 0 amide bonds. The van der Waals surface area contributed by atoms with Gasteiger partial charge in [0.25, 0.3) is 6.43 Å². The van der Waals surface area contributed by atoms with Gasteiger partial charge in [-0.15, -0.1) is 15.3 Å². The second kappa shape index (κ2) is 7.62. The molecule has 3 aromatic heterocycles. The number of rotatable bonds is 7. The van der Waals surface area contributed by atoms with Gasteiger partial charge in [-0.05, 0) is 42.8 Å². The van der Waals surface area contributed by atoms with Crippen LogP contribution in [-0.2, 0) is 6.42 Å². The zero-order valence-corrected chi connectivity index (χ0v) is 14.4. The Labute approximate surface area is 156 Å². The molecule has 0 radical (unpaired) electrons. The monoisotopic (exact) mass is 389 g/mol. The maximum absolute atomic E-state index is 13.0. The molecule has 0 saturated carbocycles. The molecule has 0 aliphatic heterocycles. The van der Waals surface area contributed by atoms with Crippen LogP contribution in [0.1, 0.15) is 24.6 Å². The first kappa shape index (κ1) is 17.9. The lowest BCUT2D eigenvalue weighted by Crippen LogP contribution is -2.08. The summed E-state index contributed by atoms with van der Waals surface area (Å²) in [6.45, 7) is 0.513. The third kappa shape index (κ3) is 3.77. The zero-order valence-electron chi connectivity index (χ0n) is 14.4. The van der Waals surface area contributed by atoms with Crippen molar-refractivity contribution in [3.63, 3.8) is 0 Å². The molecule has 0 fully saturated rings. The molecule has 4 aromatic rings. The lowest BCUT2D eigenvalue weighted by Gasteiger charge is -2.05. The lowest BCUT2D eigenvalue weighted by molar-refractivity contribution is 0.137. The van der Waals surface area contributed by atoms with E-state index >= 15 is 0 Å². The summed E-state index contributed by atoms with van der Waals surface area (Å²) in [5.41, 5.74) is 0.913. The van der Waals surface area contributed by atoms with E-state index in [4.69, 9.17) is 4.52 Å². The number of fused-ring (bicyclic) bond motifs is 1. The van der Waals surface area contributed by atoms with Crippen LogP contribution in [0, 0.1) is 5.82 Å². The van der Waals surface area contributed by atoms with Crippen molar-refractivity contribution < 1.29 is 17.7 Å². The smallest absolute Gasteiger partial charge is 0.299 e. The van der Waals surface area contributed by atoms with Crippen molar-refractivity contribution in [2.75, 3.05) is 11.9 Å². The van der Waals surface area contributed by atoms with Gasteiger partial charge in [0.15, 0.2) is 5.65 Å². The summed E-state index contributed by atoms with van der Waals surface area (Å²) in [7, 11) is 0. The van der Waals surface area contributed by atoms with Gasteiger partial charge < -0.3 is 9.84 Å². The number of alkyl halides is 2. The summed E-state index contributed by atoms with van der Waals surface area (Å²) in [6, 6.07) is 9.00. The maximum Gasteiger partial charge on any atom is 0.299 e. The lowest BCUT2D eigenvalue weighted by atomic mass is 10.2. The van der Waals surface area contributed by atoms with E-state index in [1.165, 1.54) is 12.1 Å². The number of anilines is 1. The first-order valence-corrected chi connectivity index (χ1v) is 8.43. The number of hydrogen-bond donors (Lipinski definition) is 1. The highest BCUT2D eigenvalue weighted by molar-refractivity contribution is 5.53. The predicted molar refractivity (Wildman–Crippen MR) is 92.2 cm³/mol. The molecule has 0 bridgehead atoms. The standard InChI is InChI=1S/C17H14F3N7O/c18-11-5-3-10(4-6-11)16-22-14(28-26-16)2-1-9-21-12-7-8-13-23-24-17(15(19)20)27(13)25-12/h3-8,15H,1-2,9H2,(H,21,25). The average Bonchev–Trinajstić information content (AvgIpc) is 3.32. The first-order valence-electron chi connectivity index (χ1n) is 8.43. The van der Waals surface area contributed by atoms with Crippen LogP contribution in [0.5, 0.6) is 0 Å². The highest BCUT2D eigenvalue weighted by atomic mass is 19.3. The minimum absolute atomic E-state index is 0.250. The fraction of sp³-hybridized carbons (Fsp3) is 0.235. The molecule has 1 N–H and O–H groups in total. The van der Waals surface area contributed by atoms with Gasteiger partial charge >= 0.3 is 0 Å². The van der Waals surface area contributed by atoms with Crippen LogP contribution in [0.25, 0.3) is 17.0 Å². The number of aromatic nitrogens is 6.